The van der Waals surface area contributed by atoms with Crippen LogP contribution in [-0.2, 0) is 5.41 Å². The quantitative estimate of drug-likeness (QED) is 0.184. The van der Waals surface area contributed by atoms with Crippen molar-refractivity contribution in [3.05, 3.63) is 168 Å². The number of fused-ring (bicyclic) bond motifs is 3. The molecule has 4 nitrogen and oxygen atoms in total. The zero-order valence-corrected chi connectivity index (χ0v) is 26.1. The Hall–Kier alpha value is -6.18. The lowest BCUT2D eigenvalue weighted by Crippen LogP contribution is -2.14. The van der Waals surface area contributed by atoms with E-state index in [2.05, 4.69) is 116 Å². The van der Waals surface area contributed by atoms with E-state index in [0.29, 0.717) is 23.2 Å². The van der Waals surface area contributed by atoms with Crippen molar-refractivity contribution in [2.24, 2.45) is 0 Å². The van der Waals surface area contributed by atoms with E-state index in [9.17, 15) is 0 Å². The van der Waals surface area contributed by atoms with Crippen molar-refractivity contribution in [2.45, 2.75) is 19.3 Å². The van der Waals surface area contributed by atoms with Gasteiger partial charge in [0.2, 0.25) is 0 Å². The van der Waals surface area contributed by atoms with E-state index in [1.807, 2.05) is 48.5 Å². The van der Waals surface area contributed by atoms with Crippen LogP contribution in [0.3, 0.4) is 0 Å². The van der Waals surface area contributed by atoms with Crippen LogP contribution in [0.5, 0.6) is 0 Å². The third kappa shape index (κ3) is 5.09. The Labute approximate surface area is 274 Å². The molecule has 0 saturated carbocycles. The molecule has 1 heterocycles. The predicted molar refractivity (Wildman–Crippen MR) is 191 cm³/mol. The molecule has 0 fully saturated rings. The SMILES string of the molecule is [C-]#[N+]c1ccc2c(c1)-c1ccc(-c3ccc(-c4nc(-c5ccccc5)nc(-c5cccc(-c6ccccc6)c5)n4)cc3)cc1C2(C)C. The van der Waals surface area contributed by atoms with Gasteiger partial charge in [0.15, 0.2) is 23.2 Å². The molecule has 0 atom stereocenters. The van der Waals surface area contributed by atoms with Gasteiger partial charge in [-0.3, -0.25) is 0 Å². The van der Waals surface area contributed by atoms with Gasteiger partial charge in [-0.25, -0.2) is 19.8 Å². The Kier molecular flexibility index (Phi) is 6.82. The van der Waals surface area contributed by atoms with Crippen molar-refractivity contribution in [1.82, 2.24) is 15.0 Å². The van der Waals surface area contributed by atoms with Crippen LogP contribution < -0.4 is 0 Å². The first-order chi connectivity index (χ1) is 23.0. The summed E-state index contributed by atoms with van der Waals surface area (Å²) in [6.07, 6.45) is 0. The first kappa shape index (κ1) is 28.3. The van der Waals surface area contributed by atoms with Gasteiger partial charge in [0.05, 0.1) is 6.57 Å². The van der Waals surface area contributed by atoms with E-state index in [0.717, 1.165) is 44.5 Å². The lowest BCUT2D eigenvalue weighted by Gasteiger charge is -2.22. The highest BCUT2D eigenvalue weighted by atomic mass is 15.0. The van der Waals surface area contributed by atoms with E-state index in [1.165, 1.54) is 16.7 Å². The second-order valence-corrected chi connectivity index (χ2v) is 12.4. The molecule has 47 heavy (non-hydrogen) atoms. The molecule has 0 saturated heterocycles. The highest BCUT2D eigenvalue weighted by molar-refractivity contribution is 5.85. The monoisotopic (exact) mass is 602 g/mol. The van der Waals surface area contributed by atoms with Gasteiger partial charge in [0.25, 0.3) is 0 Å². The third-order valence-electron chi connectivity index (χ3n) is 9.16. The molecule has 8 rings (SSSR count). The fraction of sp³-hybridized carbons (Fsp3) is 0.0698. The maximum Gasteiger partial charge on any atom is 0.187 e. The Morgan fingerprint density at radius 1 is 0.426 bits per heavy atom. The van der Waals surface area contributed by atoms with E-state index in [-0.39, 0.29) is 5.41 Å². The maximum absolute atomic E-state index is 7.48. The lowest BCUT2D eigenvalue weighted by molar-refractivity contribution is 0.661. The second kappa shape index (κ2) is 11.3. The molecule has 0 N–H and O–H groups in total. The summed E-state index contributed by atoms with van der Waals surface area (Å²) in [5, 5.41) is 0. The Bertz CT molecular complexity index is 2320. The van der Waals surface area contributed by atoms with E-state index >= 15 is 0 Å². The molecule has 0 aliphatic heterocycles. The molecule has 7 aromatic rings. The summed E-state index contributed by atoms with van der Waals surface area (Å²) < 4.78 is 0. The zero-order valence-electron chi connectivity index (χ0n) is 26.1. The fourth-order valence-electron chi connectivity index (χ4n) is 6.62. The van der Waals surface area contributed by atoms with Gasteiger partial charge in [0, 0.05) is 22.1 Å². The Balaban J connectivity index is 1.17. The molecular weight excluding hydrogens is 573 g/mol. The molecule has 4 heteroatoms. The molecule has 0 amide bonds. The summed E-state index contributed by atoms with van der Waals surface area (Å²) in [4.78, 5) is 18.5. The first-order valence-electron chi connectivity index (χ1n) is 15.7. The summed E-state index contributed by atoms with van der Waals surface area (Å²) in [6.45, 7) is 12.0. The van der Waals surface area contributed by atoms with Gasteiger partial charge in [-0.2, -0.15) is 0 Å². The molecule has 0 bridgehead atoms. The minimum atomic E-state index is -0.145. The zero-order chi connectivity index (χ0) is 32.0. The largest absolute Gasteiger partial charge is 0.238 e. The van der Waals surface area contributed by atoms with Gasteiger partial charge in [-0.1, -0.05) is 141 Å². The van der Waals surface area contributed by atoms with Gasteiger partial charge < -0.3 is 0 Å². The number of nitrogens with zero attached hydrogens (tertiary/aromatic N) is 4. The standard InChI is InChI=1S/C43H30N4/c1-43(2)38-24-22-35(44-3)27-37(38)36-23-21-33(26-39(36)43)29-17-19-31(20-18-29)41-45-40(30-13-8-5-9-14-30)46-42(47-41)34-16-10-15-32(25-34)28-11-6-4-7-12-28/h4-27H,1-2H3. The van der Waals surface area contributed by atoms with Crippen molar-refractivity contribution >= 4 is 5.69 Å². The second-order valence-electron chi connectivity index (χ2n) is 12.4. The normalized spacial score (nSPS) is 12.6. The van der Waals surface area contributed by atoms with Crippen LogP contribution in [0.15, 0.2) is 146 Å². The summed E-state index contributed by atoms with van der Waals surface area (Å²) >= 11 is 0. The van der Waals surface area contributed by atoms with Gasteiger partial charge in [-0.05, 0) is 62.7 Å². The van der Waals surface area contributed by atoms with Crippen LogP contribution in [0.4, 0.5) is 5.69 Å². The summed E-state index contributed by atoms with van der Waals surface area (Å²) in [5.74, 6) is 1.91. The van der Waals surface area contributed by atoms with Gasteiger partial charge >= 0.3 is 0 Å². The van der Waals surface area contributed by atoms with Crippen LogP contribution in [0.25, 0.3) is 72.4 Å². The highest BCUT2D eigenvalue weighted by Crippen LogP contribution is 2.50. The topological polar surface area (TPSA) is 43.0 Å². The minimum Gasteiger partial charge on any atom is -0.238 e. The molecule has 0 radical (unpaired) electrons. The van der Waals surface area contributed by atoms with Gasteiger partial charge in [0.1, 0.15) is 0 Å². The van der Waals surface area contributed by atoms with E-state index in [1.54, 1.807) is 0 Å². The maximum atomic E-state index is 7.48. The number of hydrogen-bond donors (Lipinski definition) is 0. The van der Waals surface area contributed by atoms with Gasteiger partial charge in [-0.15, -0.1) is 0 Å². The Morgan fingerprint density at radius 3 is 1.62 bits per heavy atom. The molecule has 6 aromatic carbocycles. The first-order valence-corrected chi connectivity index (χ1v) is 15.7. The highest BCUT2D eigenvalue weighted by Gasteiger charge is 2.35. The van der Waals surface area contributed by atoms with E-state index in [4.69, 9.17) is 21.5 Å². The number of rotatable bonds is 5. The summed E-state index contributed by atoms with van der Waals surface area (Å²) in [5.41, 5.74) is 12.8. The molecule has 0 unspecified atom stereocenters. The third-order valence-corrected chi connectivity index (χ3v) is 9.16. The summed E-state index contributed by atoms with van der Waals surface area (Å²) in [7, 11) is 0. The molecule has 1 aliphatic rings. The predicted octanol–water partition coefficient (Wildman–Crippen LogP) is 11.1. The number of benzene rings is 6. The number of hydrogen-bond acceptors (Lipinski definition) is 3. The van der Waals surface area contributed by atoms with Crippen LogP contribution in [-0.4, -0.2) is 15.0 Å². The van der Waals surface area contributed by atoms with Crippen LogP contribution in [0, 0.1) is 6.57 Å². The average Bonchev–Trinajstić information content (AvgIpc) is 3.37. The molecular formula is C43H30N4. The van der Waals surface area contributed by atoms with Crippen LogP contribution in [0.2, 0.25) is 0 Å². The lowest BCUT2D eigenvalue weighted by atomic mass is 9.81. The smallest absolute Gasteiger partial charge is 0.187 e. The van der Waals surface area contributed by atoms with Crippen molar-refractivity contribution in [3.8, 4) is 67.5 Å². The fourth-order valence-corrected chi connectivity index (χ4v) is 6.62. The number of aromatic nitrogens is 3. The molecule has 1 aromatic heterocycles. The molecule has 1 aliphatic carbocycles. The average molecular weight is 603 g/mol. The minimum absolute atomic E-state index is 0.145. The Morgan fingerprint density at radius 2 is 0.936 bits per heavy atom. The van der Waals surface area contributed by atoms with Crippen LogP contribution in [0.1, 0.15) is 25.0 Å². The van der Waals surface area contributed by atoms with Crippen molar-refractivity contribution < 1.29 is 0 Å². The summed E-state index contributed by atoms with van der Waals surface area (Å²) in [6, 6.07) is 50.0. The van der Waals surface area contributed by atoms with Crippen molar-refractivity contribution in [3.63, 3.8) is 0 Å². The molecule has 222 valence electrons. The van der Waals surface area contributed by atoms with Crippen LogP contribution >= 0.6 is 0 Å². The van der Waals surface area contributed by atoms with Crippen molar-refractivity contribution in [2.75, 3.05) is 0 Å². The molecule has 0 spiro atoms. The van der Waals surface area contributed by atoms with E-state index < -0.39 is 0 Å². The van der Waals surface area contributed by atoms with Crippen molar-refractivity contribution in [1.29, 1.82) is 0 Å².